The molecule has 0 aliphatic carbocycles. The minimum atomic E-state index is -1.83. The lowest BCUT2D eigenvalue weighted by atomic mass is 9.96. The Morgan fingerprint density at radius 1 is 1.10 bits per heavy atom. The monoisotopic (exact) mass is 410 g/mol. The fourth-order valence-corrected chi connectivity index (χ4v) is 2.80. The fourth-order valence-electron chi connectivity index (χ4n) is 2.80. The number of carboxylic acid groups (broad SMARTS) is 2. The van der Waals surface area contributed by atoms with Crippen molar-refractivity contribution in [2.45, 2.75) is 19.8 Å². The first-order valence-electron chi connectivity index (χ1n) is 9.04. The first kappa shape index (κ1) is 22.4. The number of ether oxygens (including phenoxy) is 2. The van der Waals surface area contributed by atoms with Crippen molar-refractivity contribution in [1.29, 1.82) is 0 Å². The molecular weight excluding hydrogens is 388 g/mol. The summed E-state index contributed by atoms with van der Waals surface area (Å²) in [6, 6.07) is 10.7. The number of aromatic carboxylic acids is 1. The van der Waals surface area contributed by atoms with Crippen molar-refractivity contribution >= 4 is 30.1 Å². The Morgan fingerprint density at radius 2 is 1.77 bits per heavy atom. The smallest absolute Gasteiger partial charge is 0.422 e. The number of rotatable bonds is 8. The lowest BCUT2D eigenvalue weighted by Crippen LogP contribution is -2.22. The molecule has 30 heavy (non-hydrogen) atoms. The van der Waals surface area contributed by atoms with E-state index in [0.29, 0.717) is 6.42 Å². The highest BCUT2D eigenvalue weighted by atomic mass is 16.6. The molecule has 0 amide bonds. The molecule has 7 nitrogen and oxygen atoms in total. The maximum Gasteiger partial charge on any atom is 0.422 e. The molecule has 2 N–H and O–H groups in total. The van der Waals surface area contributed by atoms with E-state index in [0.717, 1.165) is 11.1 Å². The molecule has 0 atom stereocenters. The third-order valence-corrected chi connectivity index (χ3v) is 4.23. The minimum absolute atomic E-state index is 0.204. The van der Waals surface area contributed by atoms with E-state index in [4.69, 9.17) is 14.6 Å². The topological polar surface area (TPSA) is 110 Å². The van der Waals surface area contributed by atoms with Gasteiger partial charge in [0.2, 0.25) is 0 Å². The zero-order chi connectivity index (χ0) is 22.3. The van der Waals surface area contributed by atoms with Gasteiger partial charge in [0.25, 0.3) is 0 Å². The van der Waals surface area contributed by atoms with Crippen molar-refractivity contribution in [3.63, 3.8) is 0 Å². The van der Waals surface area contributed by atoms with Gasteiger partial charge in [0.05, 0.1) is 7.11 Å². The molecule has 2 aromatic rings. The summed E-state index contributed by atoms with van der Waals surface area (Å²) in [5.41, 5.74) is 1.80. The third kappa shape index (κ3) is 5.57. The van der Waals surface area contributed by atoms with Crippen LogP contribution in [0.15, 0.2) is 48.6 Å². The van der Waals surface area contributed by atoms with Crippen LogP contribution in [0.2, 0.25) is 0 Å². The zero-order valence-electron chi connectivity index (χ0n) is 16.7. The predicted molar refractivity (Wildman–Crippen MR) is 112 cm³/mol. The van der Waals surface area contributed by atoms with Gasteiger partial charge in [-0.25, -0.2) is 14.4 Å². The summed E-state index contributed by atoms with van der Waals surface area (Å²) in [6.07, 6.45) is 3.95. The Labute approximate surface area is 173 Å². The van der Waals surface area contributed by atoms with E-state index in [1.807, 2.05) is 30.3 Å². The molecule has 156 valence electrons. The number of benzene rings is 2. The van der Waals surface area contributed by atoms with Gasteiger partial charge in [-0.2, -0.15) is 0 Å². The lowest BCUT2D eigenvalue weighted by Gasteiger charge is -2.18. The van der Waals surface area contributed by atoms with Crippen LogP contribution in [0.3, 0.4) is 0 Å². The highest BCUT2D eigenvalue weighted by Gasteiger charge is 2.27. The Hall–Kier alpha value is -3.87. The second-order valence-electron chi connectivity index (χ2n) is 6.55. The van der Waals surface area contributed by atoms with Crippen LogP contribution in [-0.4, -0.2) is 35.2 Å². The molecule has 0 aromatic heterocycles. The molecule has 2 aromatic carbocycles. The van der Waals surface area contributed by atoms with Crippen LogP contribution < -0.4 is 9.47 Å². The largest absolute Gasteiger partial charge is 0.496 e. The molecule has 7 heteroatoms. The summed E-state index contributed by atoms with van der Waals surface area (Å²) in [7, 11) is 1.40. The molecule has 0 aliphatic heterocycles. The number of allylic oxidation sites excluding steroid dienone is 1. The van der Waals surface area contributed by atoms with Crippen molar-refractivity contribution in [3.05, 3.63) is 70.8 Å². The molecule has 0 radical (unpaired) electrons. The molecule has 0 spiro atoms. The van der Waals surface area contributed by atoms with E-state index >= 15 is 0 Å². The number of hydrogen-bond donors (Lipinski definition) is 2. The lowest BCUT2D eigenvalue weighted by molar-refractivity contribution is -0.158. The van der Waals surface area contributed by atoms with E-state index in [1.165, 1.54) is 13.2 Å². The average molecular weight is 410 g/mol. The molecular formula is C23H22O7. The maximum absolute atomic E-state index is 12.1. The quantitative estimate of drug-likeness (QED) is 0.222. The predicted octanol–water partition coefficient (Wildman–Crippen LogP) is 4.06. The summed E-state index contributed by atoms with van der Waals surface area (Å²) in [5, 5.41) is 18.8. The zero-order valence-corrected chi connectivity index (χ0v) is 16.7. The van der Waals surface area contributed by atoms with Gasteiger partial charge in [-0.1, -0.05) is 48.1 Å². The molecule has 0 heterocycles. The van der Waals surface area contributed by atoms with Gasteiger partial charge < -0.3 is 19.7 Å². The van der Waals surface area contributed by atoms with Crippen LogP contribution >= 0.6 is 0 Å². The minimum Gasteiger partial charge on any atom is -0.496 e. The number of carbonyl (C=O) groups excluding carboxylic acids is 1. The highest BCUT2D eigenvalue weighted by molar-refractivity contribution is 6.29. The Balaban J connectivity index is 2.71. The molecule has 0 fully saturated rings. The maximum atomic E-state index is 12.1. The van der Waals surface area contributed by atoms with Crippen molar-refractivity contribution in [3.8, 4) is 11.5 Å². The number of carboxylic acids is 2. The molecule has 0 aliphatic rings. The summed E-state index contributed by atoms with van der Waals surface area (Å²) >= 11 is 0. The summed E-state index contributed by atoms with van der Waals surface area (Å²) in [6.45, 7) is 5.61. The Bertz CT molecular complexity index is 1000. The van der Waals surface area contributed by atoms with E-state index < -0.39 is 17.9 Å². The van der Waals surface area contributed by atoms with Crippen LogP contribution in [-0.2, 0) is 16.0 Å². The van der Waals surface area contributed by atoms with Crippen LogP contribution in [0, 0.1) is 0 Å². The van der Waals surface area contributed by atoms with Crippen LogP contribution in [0.25, 0.3) is 12.2 Å². The van der Waals surface area contributed by atoms with Crippen LogP contribution in [0.1, 0.15) is 40.4 Å². The number of carbonyl (C=O) groups is 3. The van der Waals surface area contributed by atoms with Crippen molar-refractivity contribution in [1.82, 2.24) is 0 Å². The number of aliphatic carboxylic acids is 1. The summed E-state index contributed by atoms with van der Waals surface area (Å²) in [5.74, 6) is -4.85. The number of hydrogen-bond acceptors (Lipinski definition) is 5. The molecule has 0 bridgehead atoms. The van der Waals surface area contributed by atoms with Gasteiger partial charge in [0.15, 0.2) is 5.75 Å². The van der Waals surface area contributed by atoms with Crippen molar-refractivity contribution in [2.24, 2.45) is 0 Å². The fraction of sp³-hybridized carbons (Fsp3) is 0.174. The standard InChI is InChI=1S/C23H22O7/c1-14(2)9-12-17-18(29-3)13-16(11-10-15-7-5-4-6-8-15)19(21(24)25)20(17)30-23(28)22(26)27/h4-8,10-11,13H,1,9,12H2,2-3H3,(H,24,25)(H,26,27). The van der Waals surface area contributed by atoms with Crippen molar-refractivity contribution < 1.29 is 34.1 Å². The molecule has 0 unspecified atom stereocenters. The first-order chi connectivity index (χ1) is 14.2. The Kier molecular flexibility index (Phi) is 7.52. The molecule has 2 rings (SSSR count). The highest BCUT2D eigenvalue weighted by Crippen LogP contribution is 2.38. The van der Waals surface area contributed by atoms with Gasteiger partial charge in [0, 0.05) is 5.56 Å². The van der Waals surface area contributed by atoms with Gasteiger partial charge in [0.1, 0.15) is 11.3 Å². The molecule has 0 saturated carbocycles. The third-order valence-electron chi connectivity index (χ3n) is 4.23. The first-order valence-corrected chi connectivity index (χ1v) is 9.04. The van der Waals surface area contributed by atoms with Gasteiger partial charge in [-0.3, -0.25) is 0 Å². The van der Waals surface area contributed by atoms with Crippen LogP contribution in [0.5, 0.6) is 11.5 Å². The van der Waals surface area contributed by atoms with Gasteiger partial charge in [-0.15, -0.1) is 6.58 Å². The second kappa shape index (κ2) is 10.1. The summed E-state index contributed by atoms with van der Waals surface area (Å²) in [4.78, 5) is 34.9. The SMILES string of the molecule is C=C(C)CCc1c(OC)cc(C=Cc2ccccc2)c(C(=O)O)c1OC(=O)C(=O)O. The van der Waals surface area contributed by atoms with Gasteiger partial charge >= 0.3 is 17.9 Å². The molecule has 0 saturated heterocycles. The van der Waals surface area contributed by atoms with E-state index in [1.54, 1.807) is 19.1 Å². The normalized spacial score (nSPS) is 10.6. The van der Waals surface area contributed by atoms with Crippen molar-refractivity contribution in [2.75, 3.05) is 7.11 Å². The van der Waals surface area contributed by atoms with Crippen LogP contribution in [0.4, 0.5) is 0 Å². The second-order valence-corrected chi connectivity index (χ2v) is 6.55. The summed E-state index contributed by atoms with van der Waals surface area (Å²) < 4.78 is 10.4. The Morgan fingerprint density at radius 3 is 2.30 bits per heavy atom. The van der Waals surface area contributed by atoms with E-state index in [-0.39, 0.29) is 34.6 Å². The average Bonchev–Trinajstić information content (AvgIpc) is 2.70. The van der Waals surface area contributed by atoms with E-state index in [2.05, 4.69) is 6.58 Å². The van der Waals surface area contributed by atoms with Gasteiger partial charge in [-0.05, 0) is 37.0 Å². The number of methoxy groups -OCH3 is 1. The van der Waals surface area contributed by atoms with E-state index in [9.17, 15) is 19.5 Å². The number of esters is 1.